The zero-order valence-electron chi connectivity index (χ0n) is 13.4. The average molecular weight is 299 g/mol. The zero-order chi connectivity index (χ0) is 15.2. The Labute approximate surface area is 133 Å². The van der Waals surface area contributed by atoms with Crippen LogP contribution in [0.1, 0.15) is 35.2 Å². The predicted octanol–water partition coefficient (Wildman–Crippen LogP) is 5.05. The van der Waals surface area contributed by atoms with Gasteiger partial charge in [-0.3, -0.25) is 0 Å². The SMILES string of the molecule is Cc1cc(C)c(C(C)NCCSc2ccccc2)c(C)c1. The van der Waals surface area contributed by atoms with E-state index in [1.54, 1.807) is 0 Å². The van der Waals surface area contributed by atoms with Crippen molar-refractivity contribution >= 4 is 11.8 Å². The smallest absolute Gasteiger partial charge is 0.0297 e. The van der Waals surface area contributed by atoms with Crippen LogP contribution < -0.4 is 5.32 Å². The van der Waals surface area contributed by atoms with Gasteiger partial charge < -0.3 is 5.32 Å². The van der Waals surface area contributed by atoms with Crippen molar-refractivity contribution in [1.29, 1.82) is 0 Å². The predicted molar refractivity (Wildman–Crippen MR) is 94.2 cm³/mol. The highest BCUT2D eigenvalue weighted by Crippen LogP contribution is 2.23. The maximum atomic E-state index is 3.65. The fourth-order valence-electron chi connectivity index (χ4n) is 2.94. The molecule has 0 saturated carbocycles. The van der Waals surface area contributed by atoms with Crippen LogP contribution in [0, 0.1) is 20.8 Å². The fourth-order valence-corrected chi connectivity index (χ4v) is 3.74. The Morgan fingerprint density at radius 3 is 2.24 bits per heavy atom. The summed E-state index contributed by atoms with van der Waals surface area (Å²) in [5.74, 6) is 1.10. The first-order valence-electron chi connectivity index (χ1n) is 7.57. The van der Waals surface area contributed by atoms with Crippen molar-refractivity contribution in [3.05, 3.63) is 64.7 Å². The van der Waals surface area contributed by atoms with Gasteiger partial charge in [-0.2, -0.15) is 0 Å². The standard InChI is InChI=1S/C19H25NS/c1-14-12-15(2)19(16(3)13-14)17(4)20-10-11-21-18-8-6-5-7-9-18/h5-9,12-13,17,20H,10-11H2,1-4H3. The Bertz CT molecular complexity index is 554. The van der Waals surface area contributed by atoms with E-state index in [0.717, 1.165) is 12.3 Å². The molecule has 1 N–H and O–H groups in total. The second kappa shape index (κ2) is 7.67. The van der Waals surface area contributed by atoms with Crippen LogP contribution >= 0.6 is 11.8 Å². The molecule has 0 spiro atoms. The second-order valence-electron chi connectivity index (χ2n) is 5.65. The number of rotatable bonds is 6. The van der Waals surface area contributed by atoms with E-state index in [2.05, 4.69) is 75.5 Å². The average Bonchev–Trinajstić information content (AvgIpc) is 2.43. The molecule has 0 radical (unpaired) electrons. The summed E-state index contributed by atoms with van der Waals surface area (Å²) in [5.41, 5.74) is 5.58. The molecular formula is C19H25NS. The summed E-state index contributed by atoms with van der Waals surface area (Å²) in [7, 11) is 0. The van der Waals surface area contributed by atoms with E-state index >= 15 is 0 Å². The summed E-state index contributed by atoms with van der Waals surface area (Å²) in [6.45, 7) is 9.88. The van der Waals surface area contributed by atoms with Gasteiger partial charge in [-0.25, -0.2) is 0 Å². The van der Waals surface area contributed by atoms with E-state index in [1.807, 2.05) is 11.8 Å². The third kappa shape index (κ3) is 4.62. The molecule has 0 aromatic heterocycles. The van der Waals surface area contributed by atoms with Crippen molar-refractivity contribution in [2.45, 2.75) is 38.6 Å². The third-order valence-electron chi connectivity index (χ3n) is 3.74. The van der Waals surface area contributed by atoms with Gasteiger partial charge in [0.15, 0.2) is 0 Å². The largest absolute Gasteiger partial charge is 0.309 e. The Hall–Kier alpha value is -1.25. The lowest BCUT2D eigenvalue weighted by molar-refractivity contribution is 0.595. The summed E-state index contributed by atoms with van der Waals surface area (Å²) in [6.07, 6.45) is 0. The van der Waals surface area contributed by atoms with Gasteiger partial charge in [0.1, 0.15) is 0 Å². The van der Waals surface area contributed by atoms with Crippen LogP contribution in [0.4, 0.5) is 0 Å². The van der Waals surface area contributed by atoms with Crippen LogP contribution in [0.25, 0.3) is 0 Å². The van der Waals surface area contributed by atoms with Gasteiger partial charge in [-0.1, -0.05) is 35.9 Å². The van der Waals surface area contributed by atoms with Gasteiger partial charge in [0.25, 0.3) is 0 Å². The van der Waals surface area contributed by atoms with E-state index in [0.29, 0.717) is 6.04 Å². The molecule has 1 nitrogen and oxygen atoms in total. The molecule has 0 saturated heterocycles. The Morgan fingerprint density at radius 2 is 1.62 bits per heavy atom. The van der Waals surface area contributed by atoms with Crippen LogP contribution in [0.3, 0.4) is 0 Å². The van der Waals surface area contributed by atoms with Gasteiger partial charge in [-0.05, 0) is 56.5 Å². The third-order valence-corrected chi connectivity index (χ3v) is 4.75. The first-order chi connectivity index (χ1) is 10.1. The molecule has 0 bridgehead atoms. The summed E-state index contributed by atoms with van der Waals surface area (Å²) in [6, 6.07) is 15.5. The van der Waals surface area contributed by atoms with Crippen molar-refractivity contribution in [2.75, 3.05) is 12.3 Å². The minimum Gasteiger partial charge on any atom is -0.309 e. The minimum absolute atomic E-state index is 0.405. The van der Waals surface area contributed by atoms with Gasteiger partial charge in [0, 0.05) is 23.2 Å². The molecule has 0 amide bonds. The molecule has 0 aliphatic rings. The normalized spacial score (nSPS) is 12.4. The molecule has 2 aromatic carbocycles. The lowest BCUT2D eigenvalue weighted by Crippen LogP contribution is -2.22. The summed E-state index contributed by atoms with van der Waals surface area (Å²) in [4.78, 5) is 1.34. The Morgan fingerprint density at radius 1 is 1.00 bits per heavy atom. The topological polar surface area (TPSA) is 12.0 Å². The summed E-state index contributed by atoms with van der Waals surface area (Å²) in [5, 5.41) is 3.65. The van der Waals surface area contributed by atoms with E-state index in [-0.39, 0.29) is 0 Å². The molecule has 112 valence electrons. The molecule has 2 aromatic rings. The van der Waals surface area contributed by atoms with Gasteiger partial charge in [-0.15, -0.1) is 11.8 Å². The van der Waals surface area contributed by atoms with Crippen LogP contribution in [0.15, 0.2) is 47.4 Å². The second-order valence-corrected chi connectivity index (χ2v) is 6.82. The molecule has 0 aliphatic carbocycles. The maximum absolute atomic E-state index is 3.65. The molecule has 21 heavy (non-hydrogen) atoms. The van der Waals surface area contributed by atoms with Crippen molar-refractivity contribution in [1.82, 2.24) is 5.32 Å². The highest BCUT2D eigenvalue weighted by molar-refractivity contribution is 7.99. The number of hydrogen-bond donors (Lipinski definition) is 1. The first kappa shape index (κ1) is 16.1. The van der Waals surface area contributed by atoms with Crippen molar-refractivity contribution in [2.24, 2.45) is 0 Å². The molecule has 2 heteroatoms. The van der Waals surface area contributed by atoms with E-state index in [1.165, 1.54) is 27.1 Å². The molecular weight excluding hydrogens is 274 g/mol. The summed E-state index contributed by atoms with van der Waals surface area (Å²) < 4.78 is 0. The van der Waals surface area contributed by atoms with Crippen LogP contribution in [0.2, 0.25) is 0 Å². The Balaban J connectivity index is 1.86. The van der Waals surface area contributed by atoms with Gasteiger partial charge in [0.05, 0.1) is 0 Å². The van der Waals surface area contributed by atoms with Gasteiger partial charge >= 0.3 is 0 Å². The lowest BCUT2D eigenvalue weighted by atomic mass is 9.95. The Kier molecular flexibility index (Phi) is 5.89. The zero-order valence-corrected chi connectivity index (χ0v) is 14.3. The molecule has 1 atom stereocenters. The highest BCUT2D eigenvalue weighted by Gasteiger charge is 2.11. The number of hydrogen-bond acceptors (Lipinski definition) is 2. The molecule has 0 aliphatic heterocycles. The number of thioether (sulfide) groups is 1. The highest BCUT2D eigenvalue weighted by atomic mass is 32.2. The van der Waals surface area contributed by atoms with Gasteiger partial charge in [0.2, 0.25) is 0 Å². The van der Waals surface area contributed by atoms with E-state index in [9.17, 15) is 0 Å². The van der Waals surface area contributed by atoms with Crippen LogP contribution in [0.5, 0.6) is 0 Å². The van der Waals surface area contributed by atoms with Crippen LogP contribution in [-0.2, 0) is 0 Å². The summed E-state index contributed by atoms with van der Waals surface area (Å²) >= 11 is 1.91. The van der Waals surface area contributed by atoms with Crippen molar-refractivity contribution in [3.63, 3.8) is 0 Å². The van der Waals surface area contributed by atoms with E-state index in [4.69, 9.17) is 0 Å². The first-order valence-corrected chi connectivity index (χ1v) is 8.55. The monoisotopic (exact) mass is 299 g/mol. The maximum Gasteiger partial charge on any atom is 0.0297 e. The lowest BCUT2D eigenvalue weighted by Gasteiger charge is -2.20. The van der Waals surface area contributed by atoms with Crippen LogP contribution in [-0.4, -0.2) is 12.3 Å². The number of benzene rings is 2. The van der Waals surface area contributed by atoms with Crippen molar-refractivity contribution in [3.8, 4) is 0 Å². The number of aryl methyl sites for hydroxylation is 3. The van der Waals surface area contributed by atoms with E-state index < -0.39 is 0 Å². The fraction of sp³-hybridized carbons (Fsp3) is 0.368. The molecule has 0 fully saturated rings. The quantitative estimate of drug-likeness (QED) is 0.591. The number of nitrogens with one attached hydrogen (secondary N) is 1. The van der Waals surface area contributed by atoms with Crippen molar-refractivity contribution < 1.29 is 0 Å². The minimum atomic E-state index is 0.405. The molecule has 1 unspecified atom stereocenters. The molecule has 2 rings (SSSR count). The molecule has 0 heterocycles.